The predicted octanol–water partition coefficient (Wildman–Crippen LogP) is 3.57. The Balaban J connectivity index is 2.46. The Hall–Kier alpha value is -1.69. The van der Waals surface area contributed by atoms with Crippen molar-refractivity contribution in [3.8, 4) is 0 Å². The lowest BCUT2D eigenvalue weighted by molar-refractivity contribution is 0.631. The maximum absolute atomic E-state index is 13.8. The summed E-state index contributed by atoms with van der Waals surface area (Å²) in [5.74, 6) is 1.19. The molecule has 3 N–H and O–H groups in total. The van der Waals surface area contributed by atoms with Crippen LogP contribution in [0.5, 0.6) is 0 Å². The van der Waals surface area contributed by atoms with Crippen LogP contribution in [0.2, 0.25) is 0 Å². The average molecular weight is 325 g/mol. The number of nitrogens with zero attached hydrogens (tertiary/aromatic N) is 2. The summed E-state index contributed by atoms with van der Waals surface area (Å²) < 4.78 is 14.4. The Morgan fingerprint density at radius 3 is 2.74 bits per heavy atom. The van der Waals surface area contributed by atoms with Gasteiger partial charge in [-0.25, -0.2) is 14.4 Å². The van der Waals surface area contributed by atoms with Gasteiger partial charge < -0.3 is 11.1 Å². The molecule has 1 heterocycles. The number of halogens is 2. The number of aromatic nitrogens is 2. The van der Waals surface area contributed by atoms with Crippen LogP contribution < -0.4 is 11.1 Å². The Kier molecular flexibility index (Phi) is 3.99. The third-order valence-corrected chi connectivity index (χ3v) is 3.41. The van der Waals surface area contributed by atoms with Crippen LogP contribution in [-0.4, -0.2) is 9.97 Å². The largest absolute Gasteiger partial charge is 0.383 e. The molecule has 6 heteroatoms. The highest BCUT2D eigenvalue weighted by molar-refractivity contribution is 9.10. The second-order valence-corrected chi connectivity index (χ2v) is 4.93. The molecule has 1 aromatic heterocycles. The summed E-state index contributed by atoms with van der Waals surface area (Å²) in [5, 5.41) is 2.97. The Morgan fingerprint density at radius 2 is 2.11 bits per heavy atom. The second-order valence-electron chi connectivity index (χ2n) is 4.07. The summed E-state index contributed by atoms with van der Waals surface area (Å²) in [6, 6.07) is 4.77. The number of rotatable bonds is 3. The molecule has 1 aromatic carbocycles. The number of hydrogen-bond acceptors (Lipinski definition) is 4. The van der Waals surface area contributed by atoms with Gasteiger partial charge in [0.1, 0.15) is 23.3 Å². The molecule has 0 aliphatic carbocycles. The first kappa shape index (κ1) is 13.7. The molecule has 2 rings (SSSR count). The highest BCUT2D eigenvalue weighted by Gasteiger charge is 2.12. The van der Waals surface area contributed by atoms with Crippen molar-refractivity contribution in [2.24, 2.45) is 0 Å². The van der Waals surface area contributed by atoms with Crippen molar-refractivity contribution in [3.63, 3.8) is 0 Å². The molecule has 2 aromatic rings. The molecule has 19 heavy (non-hydrogen) atoms. The highest BCUT2D eigenvalue weighted by Crippen LogP contribution is 2.30. The van der Waals surface area contributed by atoms with Gasteiger partial charge in [-0.1, -0.05) is 13.0 Å². The smallest absolute Gasteiger partial charge is 0.147 e. The number of anilines is 3. The number of aryl methyl sites for hydroxylation is 1. The van der Waals surface area contributed by atoms with Gasteiger partial charge in [-0.3, -0.25) is 0 Å². The number of para-hydroxylation sites is 1. The van der Waals surface area contributed by atoms with Crippen molar-refractivity contribution in [1.29, 1.82) is 0 Å². The normalized spacial score (nSPS) is 10.5. The molecule has 0 saturated heterocycles. The molecule has 0 spiro atoms. The fourth-order valence-corrected chi connectivity index (χ4v) is 2.04. The molecule has 0 radical (unpaired) electrons. The van der Waals surface area contributed by atoms with E-state index < -0.39 is 0 Å². The van der Waals surface area contributed by atoms with Crippen LogP contribution >= 0.6 is 15.9 Å². The van der Waals surface area contributed by atoms with Crippen LogP contribution in [-0.2, 0) is 6.42 Å². The lowest BCUT2D eigenvalue weighted by atomic mass is 10.2. The minimum atomic E-state index is -0.357. The summed E-state index contributed by atoms with van der Waals surface area (Å²) in [5.41, 5.74) is 6.87. The van der Waals surface area contributed by atoms with Crippen LogP contribution in [0.15, 0.2) is 22.7 Å². The first-order valence-electron chi connectivity index (χ1n) is 5.87. The molecule has 0 aliphatic rings. The number of nitrogen functional groups attached to an aromatic ring is 1. The van der Waals surface area contributed by atoms with E-state index in [9.17, 15) is 4.39 Å². The fraction of sp³-hybridized carbons (Fsp3) is 0.231. The summed E-state index contributed by atoms with van der Waals surface area (Å²) in [6.07, 6.45) is 0.664. The molecule has 0 unspecified atom stereocenters. The van der Waals surface area contributed by atoms with Gasteiger partial charge in [-0.15, -0.1) is 0 Å². The standard InChI is InChI=1S/C13H14BrFN4/c1-3-10-17-12(16)7(2)13(18-10)19-11-8(14)5-4-6-9(11)15/h4-6H,3H2,1-2H3,(H3,16,17,18,19). The van der Waals surface area contributed by atoms with E-state index in [1.54, 1.807) is 19.1 Å². The molecular formula is C13H14BrFN4. The summed E-state index contributed by atoms with van der Waals surface area (Å²) >= 11 is 3.31. The van der Waals surface area contributed by atoms with E-state index in [0.29, 0.717) is 39.6 Å². The van der Waals surface area contributed by atoms with Gasteiger partial charge >= 0.3 is 0 Å². The summed E-state index contributed by atoms with van der Waals surface area (Å²) in [7, 11) is 0. The van der Waals surface area contributed by atoms with Crippen molar-refractivity contribution in [2.45, 2.75) is 20.3 Å². The molecule has 0 atom stereocenters. The maximum Gasteiger partial charge on any atom is 0.147 e. The number of nitrogens with one attached hydrogen (secondary N) is 1. The molecule has 0 saturated carbocycles. The van der Waals surface area contributed by atoms with Gasteiger partial charge in [-0.2, -0.15) is 0 Å². The summed E-state index contributed by atoms with van der Waals surface area (Å²) in [4.78, 5) is 8.50. The van der Waals surface area contributed by atoms with Crippen LogP contribution in [0.3, 0.4) is 0 Å². The predicted molar refractivity (Wildman–Crippen MR) is 77.9 cm³/mol. The third-order valence-electron chi connectivity index (χ3n) is 2.75. The Bertz CT molecular complexity index is 596. The highest BCUT2D eigenvalue weighted by atomic mass is 79.9. The van der Waals surface area contributed by atoms with Gasteiger partial charge in [0.05, 0.1) is 5.69 Å². The topological polar surface area (TPSA) is 63.8 Å². The van der Waals surface area contributed by atoms with Crippen LogP contribution in [0.1, 0.15) is 18.3 Å². The lowest BCUT2D eigenvalue weighted by Gasteiger charge is -2.13. The van der Waals surface area contributed by atoms with Crippen LogP contribution in [0.4, 0.5) is 21.7 Å². The number of benzene rings is 1. The van der Waals surface area contributed by atoms with Crippen molar-refractivity contribution < 1.29 is 4.39 Å². The maximum atomic E-state index is 13.8. The van der Waals surface area contributed by atoms with Crippen molar-refractivity contribution in [2.75, 3.05) is 11.1 Å². The third kappa shape index (κ3) is 2.84. The quantitative estimate of drug-likeness (QED) is 0.905. The van der Waals surface area contributed by atoms with Gasteiger partial charge in [0.2, 0.25) is 0 Å². The zero-order valence-corrected chi connectivity index (χ0v) is 12.3. The first-order chi connectivity index (χ1) is 9.02. The average Bonchev–Trinajstić information content (AvgIpc) is 2.38. The van der Waals surface area contributed by atoms with E-state index in [1.165, 1.54) is 6.07 Å². The minimum absolute atomic E-state index is 0.339. The van der Waals surface area contributed by atoms with Gasteiger partial charge in [0.25, 0.3) is 0 Å². The molecule has 4 nitrogen and oxygen atoms in total. The fourth-order valence-electron chi connectivity index (χ4n) is 1.60. The first-order valence-corrected chi connectivity index (χ1v) is 6.66. The van der Waals surface area contributed by atoms with E-state index in [-0.39, 0.29) is 5.82 Å². The molecule has 0 aliphatic heterocycles. The molecule has 0 amide bonds. The summed E-state index contributed by atoms with van der Waals surface area (Å²) in [6.45, 7) is 3.73. The van der Waals surface area contributed by atoms with E-state index in [0.717, 1.165) is 0 Å². The zero-order chi connectivity index (χ0) is 14.0. The van der Waals surface area contributed by atoms with E-state index >= 15 is 0 Å². The number of hydrogen-bond donors (Lipinski definition) is 2. The van der Waals surface area contributed by atoms with E-state index in [4.69, 9.17) is 5.73 Å². The second kappa shape index (κ2) is 5.52. The monoisotopic (exact) mass is 324 g/mol. The molecule has 100 valence electrons. The van der Waals surface area contributed by atoms with Crippen molar-refractivity contribution in [1.82, 2.24) is 9.97 Å². The Morgan fingerprint density at radius 1 is 1.37 bits per heavy atom. The molecular weight excluding hydrogens is 311 g/mol. The van der Waals surface area contributed by atoms with E-state index in [2.05, 4.69) is 31.2 Å². The zero-order valence-electron chi connectivity index (χ0n) is 10.7. The van der Waals surface area contributed by atoms with Crippen molar-refractivity contribution >= 4 is 33.3 Å². The van der Waals surface area contributed by atoms with Gasteiger partial charge in [0, 0.05) is 16.5 Å². The SMILES string of the molecule is CCc1nc(N)c(C)c(Nc2c(F)cccc2Br)n1. The Labute approximate surface area is 119 Å². The van der Waals surface area contributed by atoms with E-state index in [1.807, 2.05) is 6.92 Å². The molecule has 0 fully saturated rings. The number of nitrogens with two attached hydrogens (primary N) is 1. The van der Waals surface area contributed by atoms with Crippen molar-refractivity contribution in [3.05, 3.63) is 39.9 Å². The lowest BCUT2D eigenvalue weighted by Crippen LogP contribution is -2.07. The van der Waals surface area contributed by atoms with Gasteiger partial charge in [-0.05, 0) is 35.0 Å². The molecule has 0 bridgehead atoms. The minimum Gasteiger partial charge on any atom is -0.383 e. The van der Waals surface area contributed by atoms with Crippen LogP contribution in [0.25, 0.3) is 0 Å². The van der Waals surface area contributed by atoms with Crippen LogP contribution in [0, 0.1) is 12.7 Å². The van der Waals surface area contributed by atoms with Gasteiger partial charge in [0.15, 0.2) is 0 Å².